The Labute approximate surface area is 72.0 Å². The van der Waals surface area contributed by atoms with Crippen LogP contribution < -0.4 is 5.32 Å². The Morgan fingerprint density at radius 3 is 1.83 bits per heavy atom. The predicted molar refractivity (Wildman–Crippen MR) is 44.7 cm³/mol. The van der Waals surface area contributed by atoms with Gasteiger partial charge in [-0.25, -0.2) is 4.79 Å². The van der Waals surface area contributed by atoms with Crippen molar-refractivity contribution < 1.29 is 14.7 Å². The van der Waals surface area contributed by atoms with Crippen molar-refractivity contribution in [3.8, 4) is 0 Å². The molecule has 0 rings (SSSR count). The van der Waals surface area contributed by atoms with Crippen molar-refractivity contribution in [1.29, 1.82) is 0 Å². The zero-order valence-electron chi connectivity index (χ0n) is 7.84. The maximum Gasteiger partial charge on any atom is 0.326 e. The molecule has 0 aromatic carbocycles. The smallest absolute Gasteiger partial charge is 0.326 e. The summed E-state index contributed by atoms with van der Waals surface area (Å²) in [6.45, 7) is 6.60. The summed E-state index contributed by atoms with van der Waals surface area (Å²) in [4.78, 5) is 21.3. The summed E-state index contributed by atoms with van der Waals surface area (Å²) in [5, 5.41) is 11.1. The third kappa shape index (κ3) is 3.37. The van der Waals surface area contributed by atoms with Crippen molar-refractivity contribution in [2.24, 2.45) is 5.41 Å². The van der Waals surface area contributed by atoms with Crippen LogP contribution in [0, 0.1) is 5.41 Å². The molecule has 0 radical (unpaired) electrons. The molecule has 4 nitrogen and oxygen atoms in total. The SMILES string of the molecule is CC(=O)NC(C(=O)O)C(C)(C)C. The van der Waals surface area contributed by atoms with Crippen LogP contribution in [0.4, 0.5) is 0 Å². The van der Waals surface area contributed by atoms with Crippen molar-refractivity contribution >= 4 is 11.9 Å². The number of carboxylic acids is 1. The average molecular weight is 173 g/mol. The Kier molecular flexibility index (Phi) is 3.24. The van der Waals surface area contributed by atoms with Gasteiger partial charge in [0.05, 0.1) is 0 Å². The Bertz CT molecular complexity index is 193. The van der Waals surface area contributed by atoms with Gasteiger partial charge in [0.1, 0.15) is 6.04 Å². The quantitative estimate of drug-likeness (QED) is 0.643. The zero-order valence-corrected chi connectivity index (χ0v) is 7.84. The number of nitrogens with one attached hydrogen (secondary N) is 1. The average Bonchev–Trinajstić information content (AvgIpc) is 1.79. The van der Waals surface area contributed by atoms with Crippen LogP contribution >= 0.6 is 0 Å². The van der Waals surface area contributed by atoms with Crippen molar-refractivity contribution in [2.75, 3.05) is 0 Å². The van der Waals surface area contributed by atoms with Crippen LogP contribution in [0.3, 0.4) is 0 Å². The Balaban J connectivity index is 4.46. The topological polar surface area (TPSA) is 66.4 Å². The van der Waals surface area contributed by atoms with Crippen LogP contribution in [0.5, 0.6) is 0 Å². The maximum absolute atomic E-state index is 10.7. The second kappa shape index (κ2) is 3.56. The van der Waals surface area contributed by atoms with Crippen molar-refractivity contribution in [1.82, 2.24) is 5.32 Å². The van der Waals surface area contributed by atoms with Gasteiger partial charge in [-0.15, -0.1) is 0 Å². The fourth-order valence-corrected chi connectivity index (χ4v) is 0.852. The van der Waals surface area contributed by atoms with Gasteiger partial charge in [-0.2, -0.15) is 0 Å². The standard InChI is InChI=1S/C8H15NO3/c1-5(10)9-6(7(11)12)8(2,3)4/h6H,1-4H3,(H,9,10)(H,11,12). The van der Waals surface area contributed by atoms with E-state index >= 15 is 0 Å². The lowest BCUT2D eigenvalue weighted by atomic mass is 9.87. The number of amides is 1. The lowest BCUT2D eigenvalue weighted by Crippen LogP contribution is -2.48. The minimum atomic E-state index is -1.00. The summed E-state index contributed by atoms with van der Waals surface area (Å²) in [5.41, 5.74) is -0.461. The molecule has 0 bridgehead atoms. The third-order valence-electron chi connectivity index (χ3n) is 1.46. The highest BCUT2D eigenvalue weighted by Gasteiger charge is 2.31. The van der Waals surface area contributed by atoms with Crippen LogP contribution in [0.15, 0.2) is 0 Å². The molecule has 0 fully saturated rings. The third-order valence-corrected chi connectivity index (χ3v) is 1.46. The van der Waals surface area contributed by atoms with Gasteiger partial charge in [0.25, 0.3) is 0 Å². The fraction of sp³-hybridized carbons (Fsp3) is 0.750. The number of hydrogen-bond acceptors (Lipinski definition) is 2. The van der Waals surface area contributed by atoms with E-state index in [1.54, 1.807) is 20.8 Å². The van der Waals surface area contributed by atoms with Gasteiger partial charge in [-0.05, 0) is 5.41 Å². The molecule has 0 aromatic heterocycles. The first kappa shape index (κ1) is 10.9. The van der Waals surface area contributed by atoms with Gasteiger partial charge in [-0.1, -0.05) is 20.8 Å². The van der Waals surface area contributed by atoms with E-state index in [1.807, 2.05) is 0 Å². The molecule has 1 unspecified atom stereocenters. The van der Waals surface area contributed by atoms with E-state index in [0.29, 0.717) is 0 Å². The van der Waals surface area contributed by atoms with Crippen LogP contribution in [-0.2, 0) is 9.59 Å². The maximum atomic E-state index is 10.7. The highest BCUT2D eigenvalue weighted by molar-refractivity contribution is 5.82. The summed E-state index contributed by atoms with van der Waals surface area (Å²) >= 11 is 0. The molecule has 0 aliphatic heterocycles. The second-order valence-electron chi connectivity index (χ2n) is 3.84. The molecule has 0 aromatic rings. The lowest BCUT2D eigenvalue weighted by molar-refractivity contribution is -0.144. The molecule has 0 saturated carbocycles. The van der Waals surface area contributed by atoms with E-state index in [4.69, 9.17) is 5.11 Å². The van der Waals surface area contributed by atoms with Gasteiger partial charge in [0, 0.05) is 6.92 Å². The van der Waals surface area contributed by atoms with E-state index < -0.39 is 17.4 Å². The first-order chi connectivity index (χ1) is 5.25. The minimum absolute atomic E-state index is 0.322. The summed E-state index contributed by atoms with van der Waals surface area (Å²) < 4.78 is 0. The van der Waals surface area contributed by atoms with Gasteiger partial charge in [-0.3, -0.25) is 4.79 Å². The van der Waals surface area contributed by atoms with E-state index in [0.717, 1.165) is 0 Å². The molecular weight excluding hydrogens is 158 g/mol. The summed E-state index contributed by atoms with van der Waals surface area (Å²) in [7, 11) is 0. The lowest BCUT2D eigenvalue weighted by Gasteiger charge is -2.27. The molecule has 1 amide bonds. The number of carbonyl (C=O) groups excluding carboxylic acids is 1. The van der Waals surface area contributed by atoms with Crippen LogP contribution in [0.2, 0.25) is 0 Å². The van der Waals surface area contributed by atoms with E-state index in [2.05, 4.69) is 5.32 Å². The summed E-state index contributed by atoms with van der Waals surface area (Å²) in [5.74, 6) is -1.32. The summed E-state index contributed by atoms with van der Waals surface area (Å²) in [6.07, 6.45) is 0. The van der Waals surface area contributed by atoms with Gasteiger partial charge in [0.2, 0.25) is 5.91 Å². The number of aliphatic carboxylic acids is 1. The highest BCUT2D eigenvalue weighted by atomic mass is 16.4. The normalized spacial score (nSPS) is 13.7. The van der Waals surface area contributed by atoms with Crippen molar-refractivity contribution in [2.45, 2.75) is 33.7 Å². The molecule has 0 aliphatic rings. The van der Waals surface area contributed by atoms with E-state index in [9.17, 15) is 9.59 Å². The molecule has 0 saturated heterocycles. The fourth-order valence-electron chi connectivity index (χ4n) is 0.852. The van der Waals surface area contributed by atoms with Crippen LogP contribution in [0.25, 0.3) is 0 Å². The van der Waals surface area contributed by atoms with E-state index in [1.165, 1.54) is 6.92 Å². The Morgan fingerprint density at radius 1 is 1.33 bits per heavy atom. The Morgan fingerprint density at radius 2 is 1.75 bits per heavy atom. The molecule has 1 atom stereocenters. The zero-order chi connectivity index (χ0) is 9.94. The molecule has 2 N–H and O–H groups in total. The first-order valence-corrected chi connectivity index (χ1v) is 3.75. The van der Waals surface area contributed by atoms with Crippen LogP contribution in [0.1, 0.15) is 27.7 Å². The molecule has 70 valence electrons. The second-order valence-corrected chi connectivity index (χ2v) is 3.84. The van der Waals surface area contributed by atoms with Crippen LogP contribution in [-0.4, -0.2) is 23.0 Å². The number of carboxylic acid groups (broad SMARTS) is 1. The molecule has 12 heavy (non-hydrogen) atoms. The molecule has 0 heterocycles. The minimum Gasteiger partial charge on any atom is -0.480 e. The van der Waals surface area contributed by atoms with Gasteiger partial charge >= 0.3 is 5.97 Å². The Hall–Kier alpha value is -1.06. The van der Waals surface area contributed by atoms with Gasteiger partial charge in [0.15, 0.2) is 0 Å². The van der Waals surface area contributed by atoms with Crippen molar-refractivity contribution in [3.63, 3.8) is 0 Å². The molecule has 0 spiro atoms. The number of carbonyl (C=O) groups is 2. The monoisotopic (exact) mass is 173 g/mol. The predicted octanol–water partition coefficient (Wildman–Crippen LogP) is 0.622. The molecular formula is C8H15NO3. The van der Waals surface area contributed by atoms with Crippen molar-refractivity contribution in [3.05, 3.63) is 0 Å². The van der Waals surface area contributed by atoms with Gasteiger partial charge < -0.3 is 10.4 Å². The largest absolute Gasteiger partial charge is 0.480 e. The molecule has 0 aliphatic carbocycles. The first-order valence-electron chi connectivity index (χ1n) is 3.75. The highest BCUT2D eigenvalue weighted by Crippen LogP contribution is 2.19. The number of rotatable bonds is 2. The number of hydrogen-bond donors (Lipinski definition) is 2. The van der Waals surface area contributed by atoms with E-state index in [-0.39, 0.29) is 5.91 Å². The molecule has 4 heteroatoms. The summed E-state index contributed by atoms with van der Waals surface area (Å²) in [6, 6.07) is -0.824.